The Bertz CT molecular complexity index is 780. The topological polar surface area (TPSA) is 4.93 Å². The lowest BCUT2D eigenvalue weighted by molar-refractivity contribution is 0.630. The van der Waals surface area contributed by atoms with E-state index in [0.29, 0.717) is 0 Å². The van der Waals surface area contributed by atoms with Crippen LogP contribution in [0.1, 0.15) is 31.0 Å². The summed E-state index contributed by atoms with van der Waals surface area (Å²) in [5.41, 5.74) is 7.27. The van der Waals surface area contributed by atoms with Gasteiger partial charge in [0.15, 0.2) is 0 Å². The molecule has 3 aromatic rings. The van der Waals surface area contributed by atoms with Crippen LogP contribution in [0.2, 0.25) is 0 Å². The van der Waals surface area contributed by atoms with Gasteiger partial charge in [-0.3, -0.25) is 0 Å². The van der Waals surface area contributed by atoms with Gasteiger partial charge in [-0.25, -0.2) is 0 Å². The SMILES string of the molecule is CCn1c2c(c3cc(-c4ccccc4)ccc31)CCCC2. The monoisotopic (exact) mass is 275 g/mol. The van der Waals surface area contributed by atoms with Crippen LogP contribution in [0.4, 0.5) is 0 Å². The fraction of sp³-hybridized carbons (Fsp3) is 0.300. The van der Waals surface area contributed by atoms with E-state index < -0.39 is 0 Å². The van der Waals surface area contributed by atoms with Gasteiger partial charge in [0.2, 0.25) is 0 Å². The van der Waals surface area contributed by atoms with Gasteiger partial charge in [-0.2, -0.15) is 0 Å². The van der Waals surface area contributed by atoms with Gasteiger partial charge in [0.05, 0.1) is 0 Å². The minimum absolute atomic E-state index is 1.08. The molecule has 0 saturated carbocycles. The van der Waals surface area contributed by atoms with E-state index in [-0.39, 0.29) is 0 Å². The molecule has 0 atom stereocenters. The number of hydrogen-bond donors (Lipinski definition) is 0. The van der Waals surface area contributed by atoms with Crippen molar-refractivity contribution in [3.05, 3.63) is 59.8 Å². The van der Waals surface area contributed by atoms with Crippen molar-refractivity contribution in [2.24, 2.45) is 0 Å². The first-order chi connectivity index (χ1) is 10.4. The first-order valence-corrected chi connectivity index (χ1v) is 8.08. The second-order valence-corrected chi connectivity index (χ2v) is 5.97. The van der Waals surface area contributed by atoms with Crippen molar-refractivity contribution in [1.29, 1.82) is 0 Å². The molecule has 1 aliphatic carbocycles. The van der Waals surface area contributed by atoms with Gasteiger partial charge in [0.25, 0.3) is 0 Å². The van der Waals surface area contributed by atoms with Crippen LogP contribution in [0, 0.1) is 0 Å². The van der Waals surface area contributed by atoms with Crippen LogP contribution >= 0.6 is 0 Å². The summed E-state index contributed by atoms with van der Waals surface area (Å²) in [7, 11) is 0. The number of fused-ring (bicyclic) bond motifs is 3. The average Bonchev–Trinajstić information content (AvgIpc) is 2.88. The van der Waals surface area contributed by atoms with Gasteiger partial charge >= 0.3 is 0 Å². The van der Waals surface area contributed by atoms with Gasteiger partial charge in [-0.05, 0) is 61.4 Å². The standard InChI is InChI=1S/C20H21N/c1-2-21-19-11-7-6-10-17(19)18-14-16(12-13-20(18)21)15-8-4-3-5-9-15/h3-5,8-9,12-14H,2,6-7,10-11H2,1H3. The van der Waals surface area contributed by atoms with E-state index in [9.17, 15) is 0 Å². The van der Waals surface area contributed by atoms with Crippen molar-refractivity contribution in [2.75, 3.05) is 0 Å². The van der Waals surface area contributed by atoms with Crippen molar-refractivity contribution >= 4 is 10.9 Å². The lowest BCUT2D eigenvalue weighted by Gasteiger charge is -2.14. The molecular formula is C20H21N. The molecule has 4 rings (SSSR count). The van der Waals surface area contributed by atoms with Crippen molar-refractivity contribution < 1.29 is 0 Å². The molecule has 1 nitrogen and oxygen atoms in total. The Labute approximate surface area is 126 Å². The first-order valence-electron chi connectivity index (χ1n) is 8.08. The molecule has 0 amide bonds. The van der Waals surface area contributed by atoms with Crippen molar-refractivity contribution in [3.8, 4) is 11.1 Å². The molecule has 1 aliphatic rings. The third kappa shape index (κ3) is 1.99. The minimum atomic E-state index is 1.08. The molecule has 106 valence electrons. The minimum Gasteiger partial charge on any atom is -0.345 e. The Kier molecular flexibility index (Phi) is 3.07. The summed E-state index contributed by atoms with van der Waals surface area (Å²) < 4.78 is 2.53. The molecule has 1 heterocycles. The number of aryl methyl sites for hydroxylation is 2. The number of hydrogen-bond acceptors (Lipinski definition) is 0. The molecule has 0 spiro atoms. The third-order valence-electron chi connectivity index (χ3n) is 4.80. The van der Waals surface area contributed by atoms with Crippen LogP contribution in [0.15, 0.2) is 48.5 Å². The highest BCUT2D eigenvalue weighted by Crippen LogP contribution is 2.34. The summed E-state index contributed by atoms with van der Waals surface area (Å²) in [6, 6.07) is 17.7. The molecule has 1 heteroatoms. The normalized spacial score (nSPS) is 14.3. The maximum Gasteiger partial charge on any atom is 0.0485 e. The highest BCUT2D eigenvalue weighted by molar-refractivity contribution is 5.90. The summed E-state index contributed by atoms with van der Waals surface area (Å²) in [6.07, 6.45) is 5.18. The lowest BCUT2D eigenvalue weighted by Crippen LogP contribution is -2.06. The molecule has 21 heavy (non-hydrogen) atoms. The van der Waals surface area contributed by atoms with Crippen LogP contribution in [0.3, 0.4) is 0 Å². The van der Waals surface area contributed by atoms with Gasteiger partial charge < -0.3 is 4.57 Å². The highest BCUT2D eigenvalue weighted by Gasteiger charge is 2.19. The van der Waals surface area contributed by atoms with Gasteiger partial charge in [-0.1, -0.05) is 36.4 Å². The fourth-order valence-corrected chi connectivity index (χ4v) is 3.81. The highest BCUT2D eigenvalue weighted by atomic mass is 15.0. The molecule has 2 aromatic carbocycles. The summed E-state index contributed by atoms with van der Waals surface area (Å²) in [5, 5.41) is 1.48. The second-order valence-electron chi connectivity index (χ2n) is 5.97. The fourth-order valence-electron chi connectivity index (χ4n) is 3.81. The Hall–Kier alpha value is -2.02. The van der Waals surface area contributed by atoms with Crippen molar-refractivity contribution in [3.63, 3.8) is 0 Å². The van der Waals surface area contributed by atoms with Crippen LogP contribution in [0.25, 0.3) is 22.0 Å². The van der Waals surface area contributed by atoms with E-state index >= 15 is 0 Å². The Morgan fingerprint density at radius 3 is 2.52 bits per heavy atom. The Morgan fingerprint density at radius 1 is 0.905 bits per heavy atom. The summed E-state index contributed by atoms with van der Waals surface area (Å²) in [4.78, 5) is 0. The predicted molar refractivity (Wildman–Crippen MR) is 89.7 cm³/mol. The molecule has 0 N–H and O–H groups in total. The molecule has 0 fully saturated rings. The molecular weight excluding hydrogens is 254 g/mol. The summed E-state index contributed by atoms with van der Waals surface area (Å²) in [6.45, 7) is 3.34. The number of benzene rings is 2. The number of nitrogens with zero attached hydrogens (tertiary/aromatic N) is 1. The van der Waals surface area contributed by atoms with Gasteiger partial charge in [-0.15, -0.1) is 0 Å². The molecule has 0 saturated heterocycles. The van der Waals surface area contributed by atoms with E-state index in [1.165, 1.54) is 47.7 Å². The Balaban J connectivity index is 1.96. The molecule has 0 radical (unpaired) electrons. The van der Waals surface area contributed by atoms with E-state index in [1.54, 1.807) is 11.3 Å². The van der Waals surface area contributed by atoms with E-state index in [2.05, 4.69) is 60.0 Å². The molecule has 0 unspecified atom stereocenters. The quantitative estimate of drug-likeness (QED) is 0.605. The van der Waals surface area contributed by atoms with Gasteiger partial charge in [0.1, 0.15) is 0 Å². The Morgan fingerprint density at radius 2 is 1.71 bits per heavy atom. The van der Waals surface area contributed by atoms with Gasteiger partial charge in [0, 0.05) is 23.1 Å². The molecule has 0 bridgehead atoms. The molecule has 0 aliphatic heterocycles. The largest absolute Gasteiger partial charge is 0.345 e. The summed E-state index contributed by atoms with van der Waals surface area (Å²) in [5.74, 6) is 0. The van der Waals surface area contributed by atoms with Crippen molar-refractivity contribution in [1.82, 2.24) is 4.57 Å². The summed E-state index contributed by atoms with van der Waals surface area (Å²) >= 11 is 0. The zero-order chi connectivity index (χ0) is 14.2. The van der Waals surface area contributed by atoms with E-state index in [1.807, 2.05) is 0 Å². The predicted octanol–water partition coefficient (Wildman–Crippen LogP) is 5.21. The maximum absolute atomic E-state index is 2.53. The zero-order valence-electron chi connectivity index (χ0n) is 12.6. The van der Waals surface area contributed by atoms with Crippen molar-refractivity contribution in [2.45, 2.75) is 39.2 Å². The second kappa shape index (κ2) is 5.07. The molecule has 1 aromatic heterocycles. The van der Waals surface area contributed by atoms with Crippen LogP contribution in [-0.2, 0) is 19.4 Å². The lowest BCUT2D eigenvalue weighted by atomic mass is 9.94. The number of rotatable bonds is 2. The first kappa shape index (κ1) is 12.7. The van der Waals surface area contributed by atoms with E-state index in [4.69, 9.17) is 0 Å². The van der Waals surface area contributed by atoms with Crippen LogP contribution in [0.5, 0.6) is 0 Å². The maximum atomic E-state index is 2.53. The van der Waals surface area contributed by atoms with Crippen LogP contribution < -0.4 is 0 Å². The van der Waals surface area contributed by atoms with E-state index in [0.717, 1.165) is 6.54 Å². The third-order valence-corrected chi connectivity index (χ3v) is 4.80. The average molecular weight is 275 g/mol. The van der Waals surface area contributed by atoms with Crippen LogP contribution in [-0.4, -0.2) is 4.57 Å². The smallest absolute Gasteiger partial charge is 0.0485 e. The number of aromatic nitrogens is 1. The zero-order valence-corrected chi connectivity index (χ0v) is 12.6.